The van der Waals surface area contributed by atoms with Crippen molar-refractivity contribution in [1.29, 1.82) is 0 Å². The number of hydrogen-bond donors (Lipinski definition) is 2. The first-order chi connectivity index (χ1) is 10.1. The quantitative estimate of drug-likeness (QED) is 0.806. The van der Waals surface area contributed by atoms with E-state index in [0.29, 0.717) is 29.6 Å². The maximum atomic E-state index is 11.7. The molecule has 0 atom stereocenters. The molecule has 2 aromatic carbocycles. The summed E-state index contributed by atoms with van der Waals surface area (Å²) in [5, 5.41) is 3.48. The number of carbonyl (C=O) groups excluding carboxylic acids is 1. The van der Waals surface area contributed by atoms with Crippen molar-refractivity contribution in [3.8, 4) is 5.75 Å². The maximum Gasteiger partial charge on any atom is 0.223 e. The third kappa shape index (κ3) is 5.36. The van der Waals surface area contributed by atoms with Crippen LogP contribution in [0.3, 0.4) is 0 Å². The van der Waals surface area contributed by atoms with Crippen LogP contribution in [-0.4, -0.2) is 12.5 Å². The number of amides is 1. The Morgan fingerprint density at radius 3 is 2.76 bits per heavy atom. The normalized spacial score (nSPS) is 10.1. The number of benzene rings is 2. The summed E-state index contributed by atoms with van der Waals surface area (Å²) in [6.07, 6.45) is 0.287. The van der Waals surface area contributed by atoms with Gasteiger partial charge in [0.1, 0.15) is 5.75 Å². The Morgan fingerprint density at radius 2 is 2.00 bits per heavy atom. The number of rotatable bonds is 6. The van der Waals surface area contributed by atoms with Crippen LogP contribution in [0.4, 0.5) is 5.69 Å². The first-order valence-corrected chi connectivity index (χ1v) is 7.01. The zero-order valence-corrected chi connectivity index (χ0v) is 12.3. The van der Waals surface area contributed by atoms with E-state index >= 15 is 0 Å². The van der Waals surface area contributed by atoms with Crippen LogP contribution in [0, 0.1) is 0 Å². The fourth-order valence-corrected chi connectivity index (χ4v) is 2.01. The lowest BCUT2D eigenvalue weighted by Crippen LogP contribution is -2.24. The zero-order chi connectivity index (χ0) is 15.1. The van der Waals surface area contributed by atoms with Crippen molar-refractivity contribution >= 4 is 23.2 Å². The van der Waals surface area contributed by atoms with Gasteiger partial charge in [-0.05, 0) is 29.8 Å². The van der Waals surface area contributed by atoms with E-state index in [-0.39, 0.29) is 12.3 Å². The van der Waals surface area contributed by atoms with Crippen molar-refractivity contribution < 1.29 is 9.53 Å². The van der Waals surface area contributed by atoms with E-state index in [1.165, 1.54) is 0 Å². The van der Waals surface area contributed by atoms with Crippen molar-refractivity contribution in [3.05, 3.63) is 59.1 Å². The third-order valence-corrected chi connectivity index (χ3v) is 3.07. The Balaban J connectivity index is 1.70. The molecule has 2 aromatic rings. The van der Waals surface area contributed by atoms with Crippen LogP contribution >= 0.6 is 11.6 Å². The van der Waals surface area contributed by atoms with Gasteiger partial charge in [-0.3, -0.25) is 4.79 Å². The van der Waals surface area contributed by atoms with Gasteiger partial charge >= 0.3 is 0 Å². The van der Waals surface area contributed by atoms with Gasteiger partial charge < -0.3 is 15.8 Å². The summed E-state index contributed by atoms with van der Waals surface area (Å²) in [6.45, 7) is 0.766. The van der Waals surface area contributed by atoms with E-state index in [0.717, 1.165) is 5.56 Å². The molecule has 2 rings (SSSR count). The van der Waals surface area contributed by atoms with Gasteiger partial charge in [0.2, 0.25) is 5.91 Å². The van der Waals surface area contributed by atoms with E-state index in [1.54, 1.807) is 24.3 Å². The van der Waals surface area contributed by atoms with Crippen LogP contribution in [0.2, 0.25) is 5.02 Å². The number of hydrogen-bond acceptors (Lipinski definition) is 3. The van der Waals surface area contributed by atoms with Crippen molar-refractivity contribution in [1.82, 2.24) is 5.32 Å². The second-order valence-corrected chi connectivity index (χ2v) is 5.01. The number of nitrogens with one attached hydrogen (secondary N) is 1. The first kappa shape index (κ1) is 15.2. The Kier molecular flexibility index (Phi) is 5.46. The second-order valence-electron chi connectivity index (χ2n) is 4.58. The number of anilines is 1. The van der Waals surface area contributed by atoms with Crippen LogP contribution in [0.25, 0.3) is 0 Å². The smallest absolute Gasteiger partial charge is 0.223 e. The minimum Gasteiger partial charge on any atom is -0.493 e. The fraction of sp³-hybridized carbons (Fsp3) is 0.188. The molecule has 21 heavy (non-hydrogen) atoms. The van der Waals surface area contributed by atoms with E-state index in [9.17, 15) is 4.79 Å². The SMILES string of the molecule is Nc1cccc(OCCC(=O)NCc2cccc(Cl)c2)c1. The standard InChI is InChI=1S/C16H17ClN2O2/c17-13-4-1-3-12(9-13)11-19-16(20)7-8-21-15-6-2-5-14(18)10-15/h1-6,9-10H,7-8,11,18H2,(H,19,20). The molecule has 0 aliphatic rings. The van der Waals surface area contributed by atoms with E-state index in [4.69, 9.17) is 22.1 Å². The van der Waals surface area contributed by atoms with Crippen molar-refractivity contribution in [2.45, 2.75) is 13.0 Å². The minimum absolute atomic E-state index is 0.0705. The molecule has 5 heteroatoms. The van der Waals surface area contributed by atoms with Gasteiger partial charge in [0.15, 0.2) is 0 Å². The molecule has 110 valence electrons. The molecule has 0 unspecified atom stereocenters. The number of carbonyl (C=O) groups is 1. The van der Waals surface area contributed by atoms with Gasteiger partial charge in [0.05, 0.1) is 13.0 Å². The summed E-state index contributed by atoms with van der Waals surface area (Å²) in [6, 6.07) is 14.5. The average molecular weight is 305 g/mol. The molecule has 0 aliphatic carbocycles. The highest BCUT2D eigenvalue weighted by atomic mass is 35.5. The summed E-state index contributed by atoms with van der Waals surface area (Å²) in [5.41, 5.74) is 7.25. The maximum absolute atomic E-state index is 11.7. The van der Waals surface area contributed by atoms with Gasteiger partial charge in [0, 0.05) is 23.3 Å². The average Bonchev–Trinajstić information content (AvgIpc) is 2.45. The van der Waals surface area contributed by atoms with E-state index < -0.39 is 0 Å². The van der Waals surface area contributed by atoms with Crippen molar-refractivity contribution in [2.75, 3.05) is 12.3 Å². The molecule has 0 radical (unpaired) electrons. The predicted molar refractivity (Wildman–Crippen MR) is 84.3 cm³/mol. The summed E-state index contributed by atoms with van der Waals surface area (Å²) >= 11 is 5.88. The van der Waals surface area contributed by atoms with Gasteiger partial charge in [-0.25, -0.2) is 0 Å². The highest BCUT2D eigenvalue weighted by Crippen LogP contribution is 2.14. The largest absolute Gasteiger partial charge is 0.493 e. The summed E-state index contributed by atoms with van der Waals surface area (Å²) < 4.78 is 5.47. The van der Waals surface area contributed by atoms with Gasteiger partial charge in [-0.2, -0.15) is 0 Å². The molecule has 0 saturated carbocycles. The van der Waals surface area contributed by atoms with Crippen LogP contribution in [0.1, 0.15) is 12.0 Å². The molecule has 0 aromatic heterocycles. The highest BCUT2D eigenvalue weighted by Gasteiger charge is 2.03. The summed E-state index contributed by atoms with van der Waals surface area (Å²) in [7, 11) is 0. The molecule has 0 bridgehead atoms. The molecule has 0 aliphatic heterocycles. The highest BCUT2D eigenvalue weighted by molar-refractivity contribution is 6.30. The predicted octanol–water partition coefficient (Wildman–Crippen LogP) is 3.01. The number of halogens is 1. The Morgan fingerprint density at radius 1 is 1.19 bits per heavy atom. The number of ether oxygens (including phenoxy) is 1. The molecule has 0 saturated heterocycles. The van der Waals surface area contributed by atoms with Crippen LogP contribution in [0.15, 0.2) is 48.5 Å². The minimum atomic E-state index is -0.0705. The first-order valence-electron chi connectivity index (χ1n) is 6.63. The summed E-state index contributed by atoms with van der Waals surface area (Å²) in [4.78, 5) is 11.7. The van der Waals surface area contributed by atoms with Gasteiger partial charge in [-0.1, -0.05) is 29.8 Å². The lowest BCUT2D eigenvalue weighted by molar-refractivity contribution is -0.121. The van der Waals surface area contributed by atoms with Gasteiger partial charge in [-0.15, -0.1) is 0 Å². The molecular weight excluding hydrogens is 288 g/mol. The van der Waals surface area contributed by atoms with E-state index in [1.807, 2.05) is 24.3 Å². The monoisotopic (exact) mass is 304 g/mol. The Bertz CT molecular complexity index is 617. The van der Waals surface area contributed by atoms with Crippen LogP contribution in [0.5, 0.6) is 5.75 Å². The molecule has 0 spiro atoms. The molecule has 3 N–H and O–H groups in total. The zero-order valence-electron chi connectivity index (χ0n) is 11.5. The Labute approximate surface area is 128 Å². The molecule has 0 heterocycles. The van der Waals surface area contributed by atoms with Crippen LogP contribution < -0.4 is 15.8 Å². The fourth-order valence-electron chi connectivity index (χ4n) is 1.80. The van der Waals surface area contributed by atoms with E-state index in [2.05, 4.69) is 5.32 Å². The second kappa shape index (κ2) is 7.55. The molecular formula is C16H17ClN2O2. The lowest BCUT2D eigenvalue weighted by atomic mass is 10.2. The molecule has 1 amide bonds. The lowest BCUT2D eigenvalue weighted by Gasteiger charge is -2.08. The van der Waals surface area contributed by atoms with Gasteiger partial charge in [0.25, 0.3) is 0 Å². The Hall–Kier alpha value is -2.20. The third-order valence-electron chi connectivity index (χ3n) is 2.83. The van der Waals surface area contributed by atoms with Crippen molar-refractivity contribution in [2.24, 2.45) is 0 Å². The summed E-state index contributed by atoms with van der Waals surface area (Å²) in [5.74, 6) is 0.594. The van der Waals surface area contributed by atoms with Crippen molar-refractivity contribution in [3.63, 3.8) is 0 Å². The molecule has 0 fully saturated rings. The molecule has 4 nitrogen and oxygen atoms in total. The number of nitrogen functional groups attached to an aromatic ring is 1. The van der Waals surface area contributed by atoms with Crippen LogP contribution in [-0.2, 0) is 11.3 Å². The topological polar surface area (TPSA) is 64.3 Å². The number of nitrogens with two attached hydrogens (primary N) is 1.